The molecule has 0 unspecified atom stereocenters. The van der Waals surface area contributed by atoms with Crippen LogP contribution < -0.4 is 4.90 Å². The first-order valence-corrected chi connectivity index (χ1v) is 24.9. The first kappa shape index (κ1) is 50.2. The lowest BCUT2D eigenvalue weighted by Crippen LogP contribution is -2.09. The zero-order valence-electron chi connectivity index (χ0n) is 38.2. The molecule has 0 fully saturated rings. The molecular weight excluding hydrogens is 751 g/mol. The van der Waals surface area contributed by atoms with E-state index in [1.54, 1.807) is 6.26 Å². The fourth-order valence-electron chi connectivity index (χ4n) is 5.88. The number of thiol groups is 1. The number of benzene rings is 6. The van der Waals surface area contributed by atoms with Crippen molar-refractivity contribution in [2.24, 2.45) is 0 Å². The van der Waals surface area contributed by atoms with Crippen LogP contribution in [0, 0.1) is 6.92 Å². The molecule has 0 N–H and O–H groups in total. The minimum Gasteiger partial charge on any atom is -0.311 e. The van der Waals surface area contributed by atoms with Crippen LogP contribution in [-0.4, -0.2) is 25.0 Å². The minimum absolute atomic E-state index is 0.537. The number of hydrogen-bond donors (Lipinski definition) is 1. The predicted molar refractivity (Wildman–Crippen MR) is 279 cm³/mol. The molecule has 6 aromatic carbocycles. The molecule has 0 aliphatic rings. The lowest BCUT2D eigenvalue weighted by Gasteiger charge is -2.26. The Bertz CT molecular complexity index is 2100. The van der Waals surface area contributed by atoms with Crippen molar-refractivity contribution in [1.29, 1.82) is 0 Å². The third-order valence-electron chi connectivity index (χ3n) is 9.13. The number of hydrogen-bond acceptors (Lipinski definition) is 2. The topological polar surface area (TPSA) is 3.24 Å². The highest BCUT2D eigenvalue weighted by atomic mass is 32.3. The second-order valence-corrected chi connectivity index (χ2v) is 18.4. The van der Waals surface area contributed by atoms with Crippen LogP contribution in [0.2, 0.25) is 0 Å². The Labute approximate surface area is 367 Å². The molecule has 0 spiro atoms. The van der Waals surface area contributed by atoms with Crippen LogP contribution in [0.15, 0.2) is 150 Å². The lowest BCUT2D eigenvalue weighted by atomic mass is 10.0. The van der Waals surface area contributed by atoms with Gasteiger partial charge in [0.15, 0.2) is 0 Å². The van der Waals surface area contributed by atoms with E-state index in [-0.39, 0.29) is 0 Å². The van der Waals surface area contributed by atoms with Crippen molar-refractivity contribution in [3.63, 3.8) is 0 Å². The van der Waals surface area contributed by atoms with Crippen molar-refractivity contribution >= 4 is 76.2 Å². The van der Waals surface area contributed by atoms with Crippen LogP contribution in [0.4, 0.5) is 17.1 Å². The van der Waals surface area contributed by atoms with E-state index in [9.17, 15) is 0 Å². The van der Waals surface area contributed by atoms with E-state index in [1.807, 2.05) is 41.5 Å². The van der Waals surface area contributed by atoms with Gasteiger partial charge in [0.25, 0.3) is 0 Å². The molecule has 59 heavy (non-hydrogen) atoms. The van der Waals surface area contributed by atoms with Crippen LogP contribution >= 0.6 is 22.7 Å². The molecule has 1 nitrogen and oxygen atoms in total. The Kier molecular flexibility index (Phi) is 22.9. The van der Waals surface area contributed by atoms with Gasteiger partial charge in [0.1, 0.15) is 0 Å². The summed E-state index contributed by atoms with van der Waals surface area (Å²) in [4.78, 5) is 3.76. The standard InChI is InChI=1S/C49H49NS.3C2H6.CH4S/c1-37(2)45-27-17-40(18-28-45)12-14-42-21-31-47(32-22-42)50(46-29-19-41(20-30-46)13-11-39-9-7-38(3)8-10-39)48-33-23-43(24-34-48)15-16-44-25-35-49(36-26-44)51(4,5)6;4*1-2/h7-37H,1-6H3;3*1-2H3;2H,1H3/b13-11+,14-12+,16-15+;;;;. The van der Waals surface area contributed by atoms with E-state index in [0.717, 1.165) is 17.1 Å². The van der Waals surface area contributed by atoms with Crippen LogP contribution in [0.3, 0.4) is 0 Å². The maximum Gasteiger partial charge on any atom is 0.0462 e. The Morgan fingerprint density at radius 1 is 0.390 bits per heavy atom. The first-order chi connectivity index (χ1) is 28.6. The molecule has 0 bridgehead atoms. The molecular formula is C56H71NS2. The van der Waals surface area contributed by atoms with Crippen LogP contribution in [0.1, 0.15) is 106 Å². The van der Waals surface area contributed by atoms with E-state index in [0.29, 0.717) is 5.92 Å². The Balaban J connectivity index is 0.00000141. The SMILES string of the molecule is CC.CC.CC.CS.Cc1ccc(/C=C/c2ccc(N(c3ccc(/C=C/c4ccc(C(C)C)cc4)cc3)c3ccc(/C=C/c4ccc(S(C)(C)C)cc4)cc3)cc2)cc1. The van der Waals surface area contributed by atoms with Gasteiger partial charge in [0, 0.05) is 17.1 Å². The van der Waals surface area contributed by atoms with Crippen molar-refractivity contribution in [2.75, 3.05) is 29.9 Å². The van der Waals surface area contributed by atoms with Gasteiger partial charge >= 0.3 is 0 Å². The van der Waals surface area contributed by atoms with E-state index in [4.69, 9.17) is 0 Å². The van der Waals surface area contributed by atoms with Gasteiger partial charge in [-0.15, -0.1) is 0 Å². The minimum atomic E-state index is -0.720. The van der Waals surface area contributed by atoms with E-state index < -0.39 is 10.0 Å². The van der Waals surface area contributed by atoms with Gasteiger partial charge in [-0.2, -0.15) is 12.6 Å². The quantitative estimate of drug-likeness (QED) is 0.101. The summed E-state index contributed by atoms with van der Waals surface area (Å²) in [6.45, 7) is 18.6. The molecule has 0 atom stereocenters. The Morgan fingerprint density at radius 2 is 0.627 bits per heavy atom. The van der Waals surface area contributed by atoms with Crippen LogP contribution in [0.25, 0.3) is 36.5 Å². The van der Waals surface area contributed by atoms with E-state index in [1.165, 1.54) is 49.4 Å². The Hall–Kier alpha value is -4.96. The molecule has 0 aromatic heterocycles. The summed E-state index contributed by atoms with van der Waals surface area (Å²) < 4.78 is 0. The van der Waals surface area contributed by atoms with Gasteiger partial charge in [-0.05, 0) is 130 Å². The molecule has 0 heterocycles. The van der Waals surface area contributed by atoms with Crippen molar-refractivity contribution in [2.45, 2.75) is 73.1 Å². The van der Waals surface area contributed by atoms with Crippen molar-refractivity contribution < 1.29 is 0 Å². The van der Waals surface area contributed by atoms with Crippen molar-refractivity contribution in [3.8, 4) is 0 Å². The van der Waals surface area contributed by atoms with E-state index >= 15 is 0 Å². The molecule has 0 saturated heterocycles. The highest BCUT2D eigenvalue weighted by Crippen LogP contribution is 2.45. The van der Waals surface area contributed by atoms with E-state index in [2.05, 4.69) is 239 Å². The fraction of sp³-hybridized carbons (Fsp3) is 0.250. The molecule has 0 aliphatic carbocycles. The molecule has 0 saturated carbocycles. The smallest absolute Gasteiger partial charge is 0.0462 e. The summed E-state index contributed by atoms with van der Waals surface area (Å²) in [6, 6.07) is 52.9. The highest BCUT2D eigenvalue weighted by Gasteiger charge is 2.13. The normalized spacial score (nSPS) is 11.1. The lowest BCUT2D eigenvalue weighted by molar-refractivity contribution is 0.866. The third-order valence-corrected chi connectivity index (χ3v) is 10.8. The Morgan fingerprint density at radius 3 is 0.881 bits per heavy atom. The average molecular weight is 822 g/mol. The maximum absolute atomic E-state index is 3.53. The summed E-state index contributed by atoms with van der Waals surface area (Å²) in [5, 5.41) is 0. The largest absolute Gasteiger partial charge is 0.311 e. The molecule has 0 aliphatic heterocycles. The number of rotatable bonds is 11. The fourth-order valence-corrected chi connectivity index (χ4v) is 6.84. The maximum atomic E-state index is 3.53. The zero-order chi connectivity index (χ0) is 43.8. The summed E-state index contributed by atoms with van der Waals surface area (Å²) in [7, 11) is -0.720. The number of anilines is 3. The predicted octanol–water partition coefficient (Wildman–Crippen LogP) is 17.8. The van der Waals surface area contributed by atoms with Gasteiger partial charge in [0.05, 0.1) is 0 Å². The molecule has 312 valence electrons. The second kappa shape index (κ2) is 26.9. The number of nitrogens with zero attached hydrogens (tertiary/aromatic N) is 1. The molecule has 0 radical (unpaired) electrons. The van der Waals surface area contributed by atoms with Crippen molar-refractivity contribution in [3.05, 3.63) is 190 Å². The number of aryl methyl sites for hydroxylation is 1. The van der Waals surface area contributed by atoms with Gasteiger partial charge in [-0.3, -0.25) is 0 Å². The monoisotopic (exact) mass is 822 g/mol. The van der Waals surface area contributed by atoms with Gasteiger partial charge < -0.3 is 4.90 Å². The first-order valence-electron chi connectivity index (χ1n) is 21.2. The highest BCUT2D eigenvalue weighted by molar-refractivity contribution is 8.32. The molecule has 6 rings (SSSR count). The average Bonchev–Trinajstić information content (AvgIpc) is 3.29. The summed E-state index contributed by atoms with van der Waals surface area (Å²) >= 11 is 3.53. The summed E-state index contributed by atoms with van der Waals surface area (Å²) in [5.74, 6) is 0.537. The molecule has 0 amide bonds. The molecule has 6 aromatic rings. The van der Waals surface area contributed by atoms with Gasteiger partial charge in [-0.25, -0.2) is 10.0 Å². The van der Waals surface area contributed by atoms with Gasteiger partial charge in [-0.1, -0.05) is 194 Å². The summed E-state index contributed by atoms with van der Waals surface area (Å²) in [6.07, 6.45) is 21.8. The van der Waals surface area contributed by atoms with Crippen molar-refractivity contribution in [1.82, 2.24) is 0 Å². The van der Waals surface area contributed by atoms with Crippen LogP contribution in [-0.2, 0) is 0 Å². The second-order valence-electron chi connectivity index (χ2n) is 14.2. The van der Waals surface area contributed by atoms with Crippen LogP contribution in [0.5, 0.6) is 0 Å². The summed E-state index contributed by atoms with van der Waals surface area (Å²) in [5.41, 5.74) is 13.1. The zero-order valence-corrected chi connectivity index (χ0v) is 39.9. The molecule has 3 heteroatoms. The van der Waals surface area contributed by atoms with Gasteiger partial charge in [0.2, 0.25) is 0 Å². The third kappa shape index (κ3) is 16.3.